The molecule has 2 aliphatic rings. The zero-order valence-electron chi connectivity index (χ0n) is 17.7. The van der Waals surface area contributed by atoms with Gasteiger partial charge in [-0.25, -0.2) is 0 Å². The third-order valence-electron chi connectivity index (χ3n) is 6.07. The molecular formula is C22H25N5O3S. The normalized spacial score (nSPS) is 16.8. The summed E-state index contributed by atoms with van der Waals surface area (Å²) in [4.78, 5) is 28.8. The van der Waals surface area contributed by atoms with E-state index >= 15 is 0 Å². The van der Waals surface area contributed by atoms with E-state index in [9.17, 15) is 9.59 Å². The number of hydrogen-bond donors (Lipinski definition) is 0. The number of ether oxygens (including phenoxy) is 1. The molecule has 0 N–H and O–H groups in total. The first-order chi connectivity index (χ1) is 15.0. The van der Waals surface area contributed by atoms with Crippen LogP contribution in [0.25, 0.3) is 16.6 Å². The summed E-state index contributed by atoms with van der Waals surface area (Å²) >= 11 is 1.39. The van der Waals surface area contributed by atoms with E-state index in [4.69, 9.17) is 4.74 Å². The molecule has 3 aromatic rings. The van der Waals surface area contributed by atoms with Crippen LogP contribution in [0.1, 0.15) is 18.4 Å². The highest BCUT2D eigenvalue weighted by Crippen LogP contribution is 2.31. The van der Waals surface area contributed by atoms with Crippen molar-refractivity contribution in [1.82, 2.24) is 24.4 Å². The minimum Gasteiger partial charge on any atom is -0.497 e. The largest absolute Gasteiger partial charge is 0.497 e. The highest BCUT2D eigenvalue weighted by molar-refractivity contribution is 7.99. The second-order valence-corrected chi connectivity index (χ2v) is 9.10. The second-order valence-electron chi connectivity index (χ2n) is 8.16. The van der Waals surface area contributed by atoms with Gasteiger partial charge in [0.1, 0.15) is 5.75 Å². The summed E-state index contributed by atoms with van der Waals surface area (Å²) < 4.78 is 7.38. The Balaban J connectivity index is 1.30. The summed E-state index contributed by atoms with van der Waals surface area (Å²) in [6.07, 6.45) is 2.03. The molecule has 162 valence electrons. The number of nitrogens with zero attached hydrogens (tertiary/aromatic N) is 5. The first-order valence-electron chi connectivity index (χ1n) is 10.6. The monoisotopic (exact) mass is 439 g/mol. The van der Waals surface area contributed by atoms with Crippen molar-refractivity contribution in [2.75, 3.05) is 39.0 Å². The standard InChI is InChI=1S/C22H25N5O3S/c1-14-11-19-23-24-22(27(19)18-12-16(30-2)5-6-17(14)18)31-13-20(28)25-7-9-26(10-8-25)21(29)15-3-4-15/h5-6,11-12,15H,3-4,7-10,13H2,1-2H3. The van der Waals surface area contributed by atoms with Gasteiger partial charge in [0.2, 0.25) is 11.8 Å². The smallest absolute Gasteiger partial charge is 0.233 e. The molecule has 2 amide bonds. The predicted molar refractivity (Wildman–Crippen MR) is 118 cm³/mol. The fraction of sp³-hybridized carbons (Fsp3) is 0.455. The summed E-state index contributed by atoms with van der Waals surface area (Å²) in [5, 5.41) is 10.4. The minimum atomic E-state index is 0.0641. The lowest BCUT2D eigenvalue weighted by atomic mass is 10.1. The van der Waals surface area contributed by atoms with Gasteiger partial charge in [0.15, 0.2) is 10.8 Å². The second kappa shape index (κ2) is 8.03. The van der Waals surface area contributed by atoms with Crippen molar-refractivity contribution in [2.45, 2.75) is 24.9 Å². The number of aryl methyl sites for hydroxylation is 1. The quantitative estimate of drug-likeness (QED) is 0.568. The number of methoxy groups -OCH3 is 1. The summed E-state index contributed by atoms with van der Waals surface area (Å²) in [6, 6.07) is 7.95. The first kappa shape index (κ1) is 20.1. The number of amides is 2. The number of pyridine rings is 1. The lowest BCUT2D eigenvalue weighted by molar-refractivity contribution is -0.139. The van der Waals surface area contributed by atoms with Crippen molar-refractivity contribution >= 4 is 40.1 Å². The van der Waals surface area contributed by atoms with Crippen LogP contribution in [-0.4, -0.2) is 75.3 Å². The van der Waals surface area contributed by atoms with Gasteiger partial charge in [-0.15, -0.1) is 10.2 Å². The minimum absolute atomic E-state index is 0.0641. The van der Waals surface area contributed by atoms with Crippen molar-refractivity contribution in [3.8, 4) is 5.75 Å². The average molecular weight is 440 g/mol. The molecule has 1 saturated carbocycles. The summed E-state index contributed by atoms with van der Waals surface area (Å²) in [6.45, 7) is 4.50. The molecule has 0 unspecified atom stereocenters. The first-order valence-corrected chi connectivity index (χ1v) is 11.6. The van der Waals surface area contributed by atoms with Crippen molar-refractivity contribution in [3.63, 3.8) is 0 Å². The van der Waals surface area contributed by atoms with Crippen LogP contribution < -0.4 is 4.74 Å². The van der Waals surface area contributed by atoms with Crippen LogP contribution in [0.5, 0.6) is 5.75 Å². The fourth-order valence-electron chi connectivity index (χ4n) is 4.11. The number of carbonyl (C=O) groups excluding carboxylic acids is 2. The highest BCUT2D eigenvalue weighted by Gasteiger charge is 2.35. The Morgan fingerprint density at radius 2 is 1.84 bits per heavy atom. The molecule has 2 fully saturated rings. The van der Waals surface area contributed by atoms with Crippen molar-refractivity contribution in [3.05, 3.63) is 29.8 Å². The third-order valence-corrected chi connectivity index (χ3v) is 6.98. The molecule has 1 saturated heterocycles. The third kappa shape index (κ3) is 3.82. The molecule has 0 radical (unpaired) electrons. The van der Waals surface area contributed by atoms with E-state index in [0.717, 1.165) is 40.7 Å². The summed E-state index contributed by atoms with van der Waals surface area (Å²) in [7, 11) is 1.65. The number of piperazine rings is 1. The Bertz CT molecular complexity index is 1160. The van der Waals surface area contributed by atoms with Gasteiger partial charge >= 0.3 is 0 Å². The summed E-state index contributed by atoms with van der Waals surface area (Å²) in [5.74, 6) is 1.61. The van der Waals surface area contributed by atoms with Gasteiger partial charge in [-0.2, -0.15) is 0 Å². The van der Waals surface area contributed by atoms with E-state index in [1.807, 2.05) is 45.4 Å². The Kier molecular flexibility index (Phi) is 5.21. The predicted octanol–water partition coefficient (Wildman–Crippen LogP) is 2.37. The molecule has 31 heavy (non-hydrogen) atoms. The number of thioether (sulfide) groups is 1. The Morgan fingerprint density at radius 1 is 1.10 bits per heavy atom. The van der Waals surface area contributed by atoms with E-state index in [-0.39, 0.29) is 23.5 Å². The number of fused-ring (bicyclic) bond motifs is 3. The van der Waals surface area contributed by atoms with E-state index in [1.54, 1.807) is 7.11 Å². The maximum Gasteiger partial charge on any atom is 0.233 e. The van der Waals surface area contributed by atoms with Gasteiger partial charge in [-0.1, -0.05) is 11.8 Å². The molecule has 1 aliphatic heterocycles. The van der Waals surface area contributed by atoms with Gasteiger partial charge < -0.3 is 14.5 Å². The van der Waals surface area contributed by atoms with Crippen LogP contribution in [0.15, 0.2) is 29.4 Å². The molecular weight excluding hydrogens is 414 g/mol. The highest BCUT2D eigenvalue weighted by atomic mass is 32.2. The van der Waals surface area contributed by atoms with E-state index in [1.165, 1.54) is 11.8 Å². The van der Waals surface area contributed by atoms with Crippen molar-refractivity contribution in [1.29, 1.82) is 0 Å². The number of aromatic nitrogens is 3. The maximum absolute atomic E-state index is 12.8. The van der Waals surface area contributed by atoms with Gasteiger partial charge in [0, 0.05) is 43.5 Å². The molecule has 5 rings (SSSR count). The van der Waals surface area contributed by atoms with Crippen LogP contribution >= 0.6 is 11.8 Å². The Morgan fingerprint density at radius 3 is 2.55 bits per heavy atom. The fourth-order valence-corrected chi connectivity index (χ4v) is 4.96. The van der Waals surface area contributed by atoms with Crippen LogP contribution in [0.3, 0.4) is 0 Å². The average Bonchev–Trinajstić information content (AvgIpc) is 3.57. The summed E-state index contributed by atoms with van der Waals surface area (Å²) in [5.41, 5.74) is 2.82. The molecule has 0 bridgehead atoms. The van der Waals surface area contributed by atoms with Gasteiger partial charge in [-0.05, 0) is 43.5 Å². The Labute approximate surface area is 184 Å². The van der Waals surface area contributed by atoms with E-state index in [2.05, 4.69) is 10.2 Å². The number of hydrogen-bond acceptors (Lipinski definition) is 6. The lowest BCUT2D eigenvalue weighted by Gasteiger charge is -2.34. The molecule has 2 aromatic heterocycles. The molecule has 0 spiro atoms. The van der Waals surface area contributed by atoms with Gasteiger partial charge in [-0.3, -0.25) is 14.0 Å². The number of carbonyl (C=O) groups is 2. The van der Waals surface area contributed by atoms with Crippen LogP contribution in [0.2, 0.25) is 0 Å². The molecule has 3 heterocycles. The molecule has 8 nitrogen and oxygen atoms in total. The SMILES string of the molecule is COc1ccc2c(C)cc3nnc(SCC(=O)N4CCN(C(=O)C5CC5)CC4)n3c2c1. The lowest BCUT2D eigenvalue weighted by Crippen LogP contribution is -2.51. The van der Waals surface area contributed by atoms with Gasteiger partial charge in [0.25, 0.3) is 0 Å². The van der Waals surface area contributed by atoms with E-state index in [0.29, 0.717) is 31.3 Å². The zero-order valence-corrected chi connectivity index (χ0v) is 18.5. The zero-order chi connectivity index (χ0) is 21.5. The number of benzene rings is 1. The van der Waals surface area contributed by atoms with Crippen LogP contribution in [0.4, 0.5) is 0 Å². The van der Waals surface area contributed by atoms with Crippen molar-refractivity contribution < 1.29 is 14.3 Å². The van der Waals surface area contributed by atoms with Gasteiger partial charge in [0.05, 0.1) is 18.4 Å². The number of rotatable bonds is 5. The molecule has 1 aromatic carbocycles. The van der Waals surface area contributed by atoms with Crippen molar-refractivity contribution in [2.24, 2.45) is 5.92 Å². The molecule has 9 heteroatoms. The topological polar surface area (TPSA) is 80.0 Å². The molecule has 0 atom stereocenters. The van der Waals surface area contributed by atoms with E-state index < -0.39 is 0 Å². The maximum atomic E-state index is 12.8. The molecule has 1 aliphatic carbocycles. The Hall–Kier alpha value is -2.81. The van der Waals surface area contributed by atoms with Crippen LogP contribution in [0, 0.1) is 12.8 Å². The van der Waals surface area contributed by atoms with Crippen LogP contribution in [-0.2, 0) is 9.59 Å².